The number of aliphatic hydroxyl groups excluding tert-OH is 11. The third kappa shape index (κ3) is 24.2. The highest BCUT2D eigenvalue weighted by molar-refractivity contribution is 5.77. The summed E-state index contributed by atoms with van der Waals surface area (Å²) in [6.45, 7) is 2.08. The first-order valence-corrected chi connectivity index (χ1v) is 30.1. The number of hydrogen-bond donors (Lipinski definition) is 14. The first-order chi connectivity index (χ1) is 38.4. The van der Waals surface area contributed by atoms with E-state index in [4.69, 9.17) is 28.4 Å². The van der Waals surface area contributed by atoms with Gasteiger partial charge in [-0.25, -0.2) is 4.79 Å². The van der Waals surface area contributed by atoms with Gasteiger partial charge in [0.25, 0.3) is 5.79 Å². The summed E-state index contributed by atoms with van der Waals surface area (Å²) in [5.41, 5.74) is 0. The number of carbonyl (C=O) groups is 3. The van der Waals surface area contributed by atoms with Crippen LogP contribution in [0.2, 0.25) is 0 Å². The number of amides is 2. The van der Waals surface area contributed by atoms with Crippen LogP contribution < -0.4 is 10.6 Å². The van der Waals surface area contributed by atoms with E-state index >= 15 is 0 Å². The molecule has 0 aromatic carbocycles. The number of unbranched alkanes of at least 4 members (excludes halogenated alkanes) is 23. The Morgan fingerprint density at radius 1 is 0.650 bits per heavy atom. The summed E-state index contributed by atoms with van der Waals surface area (Å²) in [5.74, 6) is -6.14. The zero-order valence-electron chi connectivity index (χ0n) is 47.9. The number of carboxylic acids is 1. The Morgan fingerprint density at radius 2 is 1.16 bits per heavy atom. The van der Waals surface area contributed by atoms with E-state index < -0.39 is 155 Å². The topological polar surface area (TPSA) is 373 Å². The summed E-state index contributed by atoms with van der Waals surface area (Å²) in [6.07, 6.45) is 2.84. The molecule has 0 spiro atoms. The first-order valence-electron chi connectivity index (χ1n) is 30.1. The van der Waals surface area contributed by atoms with Crippen LogP contribution in [-0.2, 0) is 42.8 Å². The summed E-state index contributed by atoms with van der Waals surface area (Å²) in [6, 6.07) is -2.61. The minimum Gasteiger partial charge on any atom is -0.477 e. The molecule has 2 unspecified atom stereocenters. The highest BCUT2D eigenvalue weighted by Gasteiger charge is 2.60. The molecule has 0 aliphatic carbocycles. The van der Waals surface area contributed by atoms with Crippen molar-refractivity contribution in [1.29, 1.82) is 0 Å². The molecule has 0 aromatic heterocycles. The fourth-order valence-corrected chi connectivity index (χ4v) is 10.6. The molecule has 468 valence electrons. The van der Waals surface area contributed by atoms with Gasteiger partial charge in [0.15, 0.2) is 12.6 Å². The van der Waals surface area contributed by atoms with Crippen molar-refractivity contribution in [3.8, 4) is 0 Å². The predicted molar refractivity (Wildman–Crippen MR) is 292 cm³/mol. The van der Waals surface area contributed by atoms with Gasteiger partial charge in [0.2, 0.25) is 11.8 Å². The molecule has 0 aromatic rings. The molecule has 0 bridgehead atoms. The molecule has 23 heteroatoms. The van der Waals surface area contributed by atoms with Crippen LogP contribution in [-0.4, -0.2) is 215 Å². The predicted octanol–water partition coefficient (Wildman–Crippen LogP) is 2.39. The average Bonchev–Trinajstić information content (AvgIpc) is 3.47. The molecule has 0 radical (unpaired) electrons. The molecule has 14 N–H and O–H groups in total. The van der Waals surface area contributed by atoms with Crippen molar-refractivity contribution in [2.45, 2.75) is 304 Å². The van der Waals surface area contributed by atoms with Gasteiger partial charge in [-0.3, -0.25) is 9.59 Å². The molecule has 3 aliphatic heterocycles. The van der Waals surface area contributed by atoms with Gasteiger partial charge in [0, 0.05) is 19.8 Å². The highest BCUT2D eigenvalue weighted by Crippen LogP contribution is 2.38. The van der Waals surface area contributed by atoms with Crippen LogP contribution in [0.4, 0.5) is 0 Å². The zero-order valence-corrected chi connectivity index (χ0v) is 47.9. The van der Waals surface area contributed by atoms with Crippen molar-refractivity contribution >= 4 is 17.8 Å². The van der Waals surface area contributed by atoms with E-state index in [0.717, 1.165) is 51.9 Å². The Labute approximate surface area is 473 Å². The Hall–Kier alpha value is -2.53. The van der Waals surface area contributed by atoms with Crippen LogP contribution in [0.1, 0.15) is 194 Å². The molecule has 3 aliphatic rings. The lowest BCUT2D eigenvalue weighted by molar-refractivity contribution is -0.386. The zero-order chi connectivity index (χ0) is 59.0. The summed E-state index contributed by atoms with van der Waals surface area (Å²) in [4.78, 5) is 38.3. The van der Waals surface area contributed by atoms with Gasteiger partial charge in [-0.05, 0) is 19.3 Å². The standard InChI is InChI=1S/C57H104N2O21/c1-4-6-8-10-12-14-16-18-20-22-24-26-28-30-39(64)38(59-44(67)31-29-27-25-23-21-19-17-15-13-11-9-7-5-2)36-75-54-49(71)48(70)51(43(35-62)77-54)78-55-50(72)53(47(69)42(34-61)76-55)80-57(56(73)74)32-40(65)45(58-37(3)63)52(79-57)46(68)41(66)33-60/h28,30,38-43,45-55,60-62,64-66,68-72H,4-27,29,31-36H2,1-3H3,(H,58,63)(H,59,67)(H,73,74)/b30-28+/t38-,39+,40-,41+,42+,43+,45+,46+,47-,48+,49?,50+,51+,52?,53-,54+,55-,57-/m0/s1. The fraction of sp³-hybridized carbons (Fsp3) is 0.912. The monoisotopic (exact) mass is 1150 g/mol. The van der Waals surface area contributed by atoms with Crippen molar-refractivity contribution < 1.29 is 104 Å². The van der Waals surface area contributed by atoms with Crippen LogP contribution in [0.15, 0.2) is 12.2 Å². The lowest BCUT2D eigenvalue weighted by Crippen LogP contribution is -2.70. The van der Waals surface area contributed by atoms with E-state index in [1.807, 2.05) is 6.08 Å². The van der Waals surface area contributed by atoms with Gasteiger partial charge in [0.05, 0.1) is 50.7 Å². The Kier molecular flexibility index (Phi) is 35.8. The van der Waals surface area contributed by atoms with E-state index in [1.165, 1.54) is 103 Å². The number of ether oxygens (including phenoxy) is 6. The van der Waals surface area contributed by atoms with E-state index in [1.54, 1.807) is 6.08 Å². The van der Waals surface area contributed by atoms with Crippen LogP contribution in [0.3, 0.4) is 0 Å². The molecule has 18 atom stereocenters. The molecule has 3 heterocycles. The van der Waals surface area contributed by atoms with Crippen LogP contribution in [0.5, 0.6) is 0 Å². The van der Waals surface area contributed by atoms with Crippen molar-refractivity contribution in [1.82, 2.24) is 10.6 Å². The third-order valence-electron chi connectivity index (χ3n) is 15.5. The lowest BCUT2D eigenvalue weighted by atomic mass is 9.88. The van der Waals surface area contributed by atoms with Crippen LogP contribution in [0.25, 0.3) is 0 Å². The second kappa shape index (κ2) is 39.9. The normalized spacial score (nSPS) is 30.7. The molecule has 80 heavy (non-hydrogen) atoms. The number of rotatable bonds is 43. The van der Waals surface area contributed by atoms with Gasteiger partial charge in [-0.1, -0.05) is 167 Å². The first kappa shape index (κ1) is 71.7. The Balaban J connectivity index is 1.69. The molecule has 0 saturated carbocycles. The number of allylic oxidation sites excluding steroid dienone is 1. The van der Waals surface area contributed by atoms with E-state index in [9.17, 15) is 75.7 Å². The highest BCUT2D eigenvalue weighted by atomic mass is 16.8. The molecule has 3 fully saturated rings. The maximum atomic E-state index is 13.3. The second-order valence-corrected chi connectivity index (χ2v) is 22.2. The molecule has 23 nitrogen and oxygen atoms in total. The number of hydrogen-bond acceptors (Lipinski definition) is 20. The minimum absolute atomic E-state index is 0.204. The van der Waals surface area contributed by atoms with Gasteiger partial charge in [-0.15, -0.1) is 0 Å². The largest absolute Gasteiger partial charge is 0.477 e. The van der Waals surface area contributed by atoms with Gasteiger partial charge < -0.3 is 100 Å². The van der Waals surface area contributed by atoms with Crippen molar-refractivity contribution in [2.24, 2.45) is 0 Å². The third-order valence-corrected chi connectivity index (χ3v) is 15.5. The van der Waals surface area contributed by atoms with E-state index in [0.29, 0.717) is 12.8 Å². The van der Waals surface area contributed by atoms with Gasteiger partial charge in [0.1, 0.15) is 67.1 Å². The molecule has 2 amide bonds. The van der Waals surface area contributed by atoms with Crippen molar-refractivity contribution in [3.63, 3.8) is 0 Å². The van der Waals surface area contributed by atoms with E-state index in [-0.39, 0.29) is 12.3 Å². The molecular weight excluding hydrogens is 1050 g/mol. The van der Waals surface area contributed by atoms with Crippen molar-refractivity contribution in [3.05, 3.63) is 12.2 Å². The average molecular weight is 1150 g/mol. The maximum Gasteiger partial charge on any atom is 0.364 e. The SMILES string of the molecule is CCCCCCCCCCCCC/C=C/[C@@H](O)[C@H](CO[C@@H]1O[C@H](CO)[C@@H](O[C@@H]2O[C@H](CO)[C@H](O)[C@H](O[C@]3(C(=O)O)C[C@H](O)[C@@H](NC(C)=O)C([C@H](O)[C@H](O)CO)O3)[C@H]2O)[C@H](O)C1O)NC(=O)CCCCCCCCCCCCCCC. The maximum absolute atomic E-state index is 13.3. The lowest BCUT2D eigenvalue weighted by Gasteiger charge is -2.50. The second-order valence-electron chi connectivity index (χ2n) is 22.2. The van der Waals surface area contributed by atoms with Gasteiger partial charge in [-0.2, -0.15) is 0 Å². The number of nitrogens with one attached hydrogen (secondary N) is 2. The summed E-state index contributed by atoms with van der Waals surface area (Å²) in [7, 11) is 0. The van der Waals surface area contributed by atoms with Crippen LogP contribution >= 0.6 is 0 Å². The van der Waals surface area contributed by atoms with E-state index in [2.05, 4.69) is 24.5 Å². The summed E-state index contributed by atoms with van der Waals surface area (Å²) in [5, 5.41) is 135. The quantitative estimate of drug-likeness (QED) is 0.0308. The molecular formula is C57H104N2O21. The van der Waals surface area contributed by atoms with Crippen LogP contribution in [0, 0.1) is 0 Å². The number of carbonyl (C=O) groups excluding carboxylic acids is 2. The van der Waals surface area contributed by atoms with Crippen molar-refractivity contribution in [2.75, 3.05) is 26.4 Å². The smallest absolute Gasteiger partial charge is 0.364 e. The fourth-order valence-electron chi connectivity index (χ4n) is 10.6. The molecule has 3 rings (SSSR count). The summed E-state index contributed by atoms with van der Waals surface area (Å²) < 4.78 is 34.6. The summed E-state index contributed by atoms with van der Waals surface area (Å²) >= 11 is 0. The number of aliphatic carboxylic acids is 1. The Bertz CT molecular complexity index is 1700. The van der Waals surface area contributed by atoms with Gasteiger partial charge >= 0.3 is 5.97 Å². The molecule has 3 saturated heterocycles. The number of carboxylic acid groups (broad SMARTS) is 1. The number of aliphatic hydroxyl groups is 11. The Morgan fingerprint density at radius 3 is 1.66 bits per heavy atom. The minimum atomic E-state index is -3.08.